The van der Waals surface area contributed by atoms with E-state index in [2.05, 4.69) is 22.1 Å². The van der Waals surface area contributed by atoms with E-state index in [1.165, 1.54) is 4.90 Å². The number of ether oxygens (including phenoxy) is 2. The maximum Gasteiger partial charge on any atom is 0.407 e. The summed E-state index contributed by atoms with van der Waals surface area (Å²) in [6, 6.07) is 7.90. The molecule has 150 valence electrons. The quantitative estimate of drug-likeness (QED) is 0.686. The van der Waals surface area contributed by atoms with Gasteiger partial charge in [0.05, 0.1) is 14.2 Å². The Labute approximate surface area is 168 Å². The van der Waals surface area contributed by atoms with Gasteiger partial charge < -0.3 is 24.5 Å². The summed E-state index contributed by atoms with van der Waals surface area (Å²) in [6.45, 7) is 1.02. The van der Waals surface area contributed by atoms with Crippen LogP contribution in [-0.4, -0.2) is 53.4 Å². The van der Waals surface area contributed by atoms with Gasteiger partial charge in [-0.15, -0.1) is 0 Å². The normalized spacial score (nSPS) is 14.4. The average molecular weight is 393 g/mol. The summed E-state index contributed by atoms with van der Waals surface area (Å²) in [5.41, 5.74) is 4.98. The number of methoxy groups -OCH3 is 2. The summed E-state index contributed by atoms with van der Waals surface area (Å²) >= 11 is 0. The van der Waals surface area contributed by atoms with Gasteiger partial charge in [0.1, 0.15) is 5.65 Å². The number of nitrogens with zero attached hydrogens (tertiary/aromatic N) is 2. The molecular weight excluding hydrogens is 370 g/mol. The molecule has 3 aromatic rings. The molecule has 3 heterocycles. The average Bonchev–Trinajstić information content (AvgIpc) is 3.00. The standard InChI is InChI=1S/C22H23N3O4/c1-28-19-6-5-15(11-20(19)29-2)16-10-17-18(13-24-21(17)23-12-16)14-4-3-8-25(9-7-14)22(26)27/h4-6,10-13H,3,7-9H2,1-2H3,(H,23,24)(H,26,27). The minimum atomic E-state index is -0.865. The SMILES string of the molecule is COc1ccc(-c2cnc3[nH]cc(C4=CCCN(C(=O)O)CC4)c3c2)cc1OC. The molecule has 0 spiro atoms. The van der Waals surface area contributed by atoms with Gasteiger partial charge in [0, 0.05) is 42.0 Å². The van der Waals surface area contributed by atoms with Gasteiger partial charge in [-0.05, 0) is 42.2 Å². The lowest BCUT2D eigenvalue weighted by atomic mass is 10.00. The molecule has 1 aliphatic rings. The van der Waals surface area contributed by atoms with Crippen LogP contribution in [0.25, 0.3) is 27.7 Å². The van der Waals surface area contributed by atoms with E-state index >= 15 is 0 Å². The topological polar surface area (TPSA) is 87.7 Å². The van der Waals surface area contributed by atoms with Crippen LogP contribution >= 0.6 is 0 Å². The largest absolute Gasteiger partial charge is 0.493 e. The van der Waals surface area contributed by atoms with Crippen LogP contribution in [0.15, 0.2) is 42.7 Å². The maximum absolute atomic E-state index is 11.3. The van der Waals surface area contributed by atoms with Gasteiger partial charge in [-0.3, -0.25) is 0 Å². The number of carboxylic acid groups (broad SMARTS) is 1. The molecule has 2 N–H and O–H groups in total. The van der Waals surface area contributed by atoms with Crippen molar-refractivity contribution in [3.63, 3.8) is 0 Å². The lowest BCUT2D eigenvalue weighted by molar-refractivity contribution is 0.148. The molecule has 0 bridgehead atoms. The van der Waals surface area contributed by atoms with E-state index in [1.807, 2.05) is 30.6 Å². The highest BCUT2D eigenvalue weighted by Gasteiger charge is 2.18. The number of aromatic nitrogens is 2. The Kier molecular flexibility index (Phi) is 5.12. The predicted molar refractivity (Wildman–Crippen MR) is 111 cm³/mol. The fourth-order valence-electron chi connectivity index (χ4n) is 3.74. The minimum Gasteiger partial charge on any atom is -0.493 e. The Morgan fingerprint density at radius 2 is 1.97 bits per heavy atom. The van der Waals surface area contributed by atoms with Crippen molar-refractivity contribution < 1.29 is 19.4 Å². The minimum absolute atomic E-state index is 0.497. The van der Waals surface area contributed by atoms with Crippen molar-refractivity contribution >= 4 is 22.7 Å². The second-order valence-corrected chi connectivity index (χ2v) is 6.93. The monoisotopic (exact) mass is 393 g/mol. The van der Waals surface area contributed by atoms with Crippen LogP contribution in [0.4, 0.5) is 4.79 Å². The number of hydrogen-bond donors (Lipinski definition) is 2. The third-order valence-electron chi connectivity index (χ3n) is 5.31. The Morgan fingerprint density at radius 1 is 1.14 bits per heavy atom. The van der Waals surface area contributed by atoms with Crippen LogP contribution in [0.5, 0.6) is 11.5 Å². The van der Waals surface area contributed by atoms with Crippen LogP contribution in [-0.2, 0) is 0 Å². The summed E-state index contributed by atoms with van der Waals surface area (Å²) in [6.07, 6.45) is 6.44. The molecule has 29 heavy (non-hydrogen) atoms. The fraction of sp³-hybridized carbons (Fsp3) is 0.273. The Hall–Kier alpha value is -3.48. The van der Waals surface area contributed by atoms with E-state index in [1.54, 1.807) is 14.2 Å². The first-order valence-corrected chi connectivity index (χ1v) is 9.47. The van der Waals surface area contributed by atoms with Crippen molar-refractivity contribution in [1.29, 1.82) is 0 Å². The Bertz CT molecular complexity index is 1090. The predicted octanol–water partition coefficient (Wildman–Crippen LogP) is 4.40. The van der Waals surface area contributed by atoms with E-state index in [9.17, 15) is 9.90 Å². The number of benzene rings is 1. The zero-order valence-electron chi connectivity index (χ0n) is 16.4. The Balaban J connectivity index is 1.70. The number of nitrogens with one attached hydrogen (secondary N) is 1. The number of pyridine rings is 1. The molecule has 0 aliphatic carbocycles. The molecule has 0 atom stereocenters. The summed E-state index contributed by atoms with van der Waals surface area (Å²) in [5.74, 6) is 1.35. The molecule has 0 fully saturated rings. The maximum atomic E-state index is 11.3. The molecule has 1 aliphatic heterocycles. The molecular formula is C22H23N3O4. The molecule has 1 aromatic carbocycles. The third-order valence-corrected chi connectivity index (χ3v) is 5.31. The second kappa shape index (κ2) is 7.87. The van der Waals surface area contributed by atoms with Crippen LogP contribution in [0.3, 0.4) is 0 Å². The number of fused-ring (bicyclic) bond motifs is 1. The van der Waals surface area contributed by atoms with Crippen molar-refractivity contribution in [2.45, 2.75) is 12.8 Å². The van der Waals surface area contributed by atoms with Crippen molar-refractivity contribution in [1.82, 2.24) is 14.9 Å². The first-order chi connectivity index (χ1) is 14.1. The van der Waals surface area contributed by atoms with Gasteiger partial charge in [0.2, 0.25) is 0 Å². The van der Waals surface area contributed by atoms with Crippen LogP contribution in [0, 0.1) is 0 Å². The molecule has 7 nitrogen and oxygen atoms in total. The summed E-state index contributed by atoms with van der Waals surface area (Å²) in [5, 5.41) is 10.3. The zero-order valence-corrected chi connectivity index (χ0v) is 16.4. The van der Waals surface area contributed by atoms with E-state index in [0.29, 0.717) is 37.4 Å². The first-order valence-electron chi connectivity index (χ1n) is 9.47. The first kappa shape index (κ1) is 18.9. The molecule has 0 saturated heterocycles. The van der Waals surface area contributed by atoms with Gasteiger partial charge in [-0.2, -0.15) is 0 Å². The summed E-state index contributed by atoms with van der Waals surface area (Å²) in [4.78, 5) is 20.6. The number of rotatable bonds is 4. The Morgan fingerprint density at radius 3 is 2.72 bits per heavy atom. The molecule has 0 saturated carbocycles. The molecule has 0 radical (unpaired) electrons. The number of amides is 1. The highest BCUT2D eigenvalue weighted by atomic mass is 16.5. The number of aromatic amines is 1. The zero-order chi connectivity index (χ0) is 20.4. The van der Waals surface area contributed by atoms with Crippen LogP contribution in [0.1, 0.15) is 18.4 Å². The van der Waals surface area contributed by atoms with E-state index in [4.69, 9.17) is 9.47 Å². The van der Waals surface area contributed by atoms with Gasteiger partial charge in [0.15, 0.2) is 11.5 Å². The lowest BCUT2D eigenvalue weighted by Gasteiger charge is -2.15. The van der Waals surface area contributed by atoms with Crippen LogP contribution < -0.4 is 9.47 Å². The summed E-state index contributed by atoms with van der Waals surface area (Å²) < 4.78 is 10.7. The molecule has 4 rings (SSSR count). The van der Waals surface area contributed by atoms with Crippen molar-refractivity contribution in [3.05, 3.63) is 48.3 Å². The fourth-order valence-corrected chi connectivity index (χ4v) is 3.74. The second-order valence-electron chi connectivity index (χ2n) is 6.93. The van der Waals surface area contributed by atoms with E-state index in [0.717, 1.165) is 33.3 Å². The van der Waals surface area contributed by atoms with E-state index in [-0.39, 0.29) is 0 Å². The number of H-pyrrole nitrogens is 1. The molecule has 1 amide bonds. The van der Waals surface area contributed by atoms with E-state index < -0.39 is 6.09 Å². The smallest absolute Gasteiger partial charge is 0.407 e. The highest BCUT2D eigenvalue weighted by Crippen LogP contribution is 2.35. The lowest BCUT2D eigenvalue weighted by Crippen LogP contribution is -2.30. The molecule has 2 aromatic heterocycles. The number of hydrogen-bond acceptors (Lipinski definition) is 4. The third kappa shape index (κ3) is 3.63. The van der Waals surface area contributed by atoms with Gasteiger partial charge in [0.25, 0.3) is 0 Å². The van der Waals surface area contributed by atoms with Gasteiger partial charge in [-0.25, -0.2) is 9.78 Å². The highest BCUT2D eigenvalue weighted by molar-refractivity contribution is 5.93. The molecule has 7 heteroatoms. The summed E-state index contributed by atoms with van der Waals surface area (Å²) in [7, 11) is 3.23. The van der Waals surface area contributed by atoms with Gasteiger partial charge >= 0.3 is 6.09 Å². The van der Waals surface area contributed by atoms with Crippen molar-refractivity contribution in [2.75, 3.05) is 27.3 Å². The van der Waals surface area contributed by atoms with Crippen molar-refractivity contribution in [3.8, 4) is 22.6 Å². The van der Waals surface area contributed by atoms with Crippen molar-refractivity contribution in [2.24, 2.45) is 0 Å². The van der Waals surface area contributed by atoms with Gasteiger partial charge in [-0.1, -0.05) is 12.1 Å². The van der Waals surface area contributed by atoms with Crippen LogP contribution in [0.2, 0.25) is 0 Å². The molecule has 0 unspecified atom stereocenters. The number of carbonyl (C=O) groups is 1.